The molecule has 37 heavy (non-hydrogen) atoms. The Labute approximate surface area is 211 Å². The van der Waals surface area contributed by atoms with E-state index >= 15 is 0 Å². The van der Waals surface area contributed by atoms with E-state index in [4.69, 9.17) is 18.9 Å². The Hall–Kier alpha value is -5.05. The number of hydrogen-bond donors (Lipinski definition) is 0. The Balaban J connectivity index is 1.57. The molecule has 2 aliphatic rings. The first-order valence-electron chi connectivity index (χ1n) is 10.9. The number of esters is 4. The molecule has 0 bridgehead atoms. The van der Waals surface area contributed by atoms with Crippen molar-refractivity contribution in [3.63, 3.8) is 0 Å². The summed E-state index contributed by atoms with van der Waals surface area (Å²) in [6.45, 7) is 11.6. The molecule has 0 saturated carbocycles. The molecule has 0 amide bonds. The van der Waals surface area contributed by atoms with E-state index in [1.807, 2.05) is 0 Å². The molecule has 2 aliphatic heterocycles. The molecule has 0 N–H and O–H groups in total. The summed E-state index contributed by atoms with van der Waals surface area (Å²) in [5.74, 6) is -3.00. The second-order valence-corrected chi connectivity index (χ2v) is 8.28. The van der Waals surface area contributed by atoms with Gasteiger partial charge in [-0.1, -0.05) is 13.2 Å². The van der Waals surface area contributed by atoms with Crippen LogP contribution in [0, 0.1) is 0 Å². The fourth-order valence-corrected chi connectivity index (χ4v) is 3.54. The number of Topliss-reactive ketones (excluding diaryl/α,β-unsaturated/α-hetero) is 1. The second kappa shape index (κ2) is 9.54. The van der Waals surface area contributed by atoms with Gasteiger partial charge in [0, 0.05) is 28.3 Å². The topological polar surface area (TPSA) is 122 Å². The normalized spacial score (nSPS) is 14.8. The number of rotatable bonds is 6. The van der Waals surface area contributed by atoms with Crippen LogP contribution in [0.3, 0.4) is 0 Å². The van der Waals surface area contributed by atoms with Gasteiger partial charge in [0.05, 0.1) is 16.7 Å². The number of allylic oxidation sites excluding steroid dienone is 1. The van der Waals surface area contributed by atoms with Gasteiger partial charge >= 0.3 is 23.9 Å². The minimum Gasteiger partial charge on any atom is -0.423 e. The quantitative estimate of drug-likeness (QED) is 0.244. The van der Waals surface area contributed by atoms with Crippen LogP contribution < -0.4 is 9.47 Å². The molecule has 0 aromatic heterocycles. The van der Waals surface area contributed by atoms with E-state index in [1.54, 1.807) is 6.92 Å². The van der Waals surface area contributed by atoms with Crippen molar-refractivity contribution in [1.82, 2.24) is 0 Å². The minimum absolute atomic E-state index is 0.0598. The highest BCUT2D eigenvalue weighted by Crippen LogP contribution is 2.30. The molecule has 2 aromatic carbocycles. The first-order valence-corrected chi connectivity index (χ1v) is 10.9. The number of fused-ring (bicyclic) bond motifs is 1. The minimum atomic E-state index is -0.815. The Kier molecular flexibility index (Phi) is 6.46. The third-order valence-corrected chi connectivity index (χ3v) is 5.64. The Bertz CT molecular complexity index is 1520. The number of carbonyl (C=O) groups is 5. The molecule has 9 nitrogen and oxygen atoms in total. The summed E-state index contributed by atoms with van der Waals surface area (Å²) in [6.07, 6.45) is 1.32. The number of ether oxygens (including phenoxy) is 4. The van der Waals surface area contributed by atoms with Crippen LogP contribution in [-0.2, 0) is 19.1 Å². The smallest absolute Gasteiger partial charge is 0.344 e. The molecule has 186 valence electrons. The van der Waals surface area contributed by atoms with Gasteiger partial charge in [0.2, 0.25) is 0 Å². The molecular weight excluding hydrogens is 480 g/mol. The van der Waals surface area contributed by atoms with Gasteiger partial charge in [-0.15, -0.1) is 0 Å². The van der Waals surface area contributed by atoms with Crippen molar-refractivity contribution < 1.29 is 42.9 Å². The van der Waals surface area contributed by atoms with E-state index in [1.165, 1.54) is 56.3 Å². The lowest BCUT2D eigenvalue weighted by Crippen LogP contribution is -2.12. The average molecular weight is 500 g/mol. The van der Waals surface area contributed by atoms with E-state index < -0.39 is 23.9 Å². The number of cyclic esters (lactones) is 2. The van der Waals surface area contributed by atoms with Gasteiger partial charge in [0.25, 0.3) is 0 Å². The maximum Gasteiger partial charge on any atom is 0.344 e. The van der Waals surface area contributed by atoms with Gasteiger partial charge < -0.3 is 18.9 Å². The van der Waals surface area contributed by atoms with E-state index in [2.05, 4.69) is 13.2 Å². The van der Waals surface area contributed by atoms with Crippen molar-refractivity contribution in [3.8, 4) is 11.5 Å². The average Bonchev–Trinajstić information content (AvgIpc) is 3.26. The third kappa shape index (κ3) is 5.01. The maximum absolute atomic E-state index is 12.8. The van der Waals surface area contributed by atoms with Crippen LogP contribution in [0.5, 0.6) is 11.5 Å². The van der Waals surface area contributed by atoms with Gasteiger partial charge in [-0.3, -0.25) is 4.79 Å². The van der Waals surface area contributed by atoms with Crippen molar-refractivity contribution >= 4 is 35.4 Å². The fraction of sp³-hybridized carbons (Fsp3) is 0.107. The zero-order chi connectivity index (χ0) is 27.0. The van der Waals surface area contributed by atoms with E-state index in [0.29, 0.717) is 11.1 Å². The zero-order valence-corrected chi connectivity index (χ0v) is 20.1. The predicted octanol–water partition coefficient (Wildman–Crippen LogP) is 4.49. The molecule has 2 aromatic rings. The van der Waals surface area contributed by atoms with Crippen molar-refractivity contribution in [2.45, 2.75) is 20.8 Å². The number of hydrogen-bond acceptors (Lipinski definition) is 9. The first-order chi connectivity index (χ1) is 17.4. The summed E-state index contributed by atoms with van der Waals surface area (Å²) < 4.78 is 20.6. The molecule has 0 radical (unpaired) electrons. The summed E-state index contributed by atoms with van der Waals surface area (Å²) in [7, 11) is 0. The lowest BCUT2D eigenvalue weighted by atomic mass is 10.0. The van der Waals surface area contributed by atoms with Gasteiger partial charge in [0.1, 0.15) is 23.0 Å². The van der Waals surface area contributed by atoms with E-state index in [-0.39, 0.29) is 56.6 Å². The Morgan fingerprint density at radius 3 is 2.08 bits per heavy atom. The third-order valence-electron chi connectivity index (χ3n) is 5.64. The standard InChI is InChI=1S/C28H20O9/c1-13(8-23-14(2)16(4)34-27(23)32)25(30)36-20-9-19(15(3)29)10-21(12-20)37-26(31)18-6-7-22-17(5)35-28(33)24(22)11-18/h6-12H,4-5H2,1-3H3/b13-8+. The molecule has 0 aliphatic carbocycles. The van der Waals surface area contributed by atoms with Crippen LogP contribution in [0.15, 0.2) is 78.1 Å². The Morgan fingerprint density at radius 2 is 1.46 bits per heavy atom. The highest BCUT2D eigenvalue weighted by molar-refractivity contribution is 6.05. The van der Waals surface area contributed by atoms with Crippen LogP contribution in [-0.4, -0.2) is 29.7 Å². The fourth-order valence-electron chi connectivity index (χ4n) is 3.54. The Morgan fingerprint density at radius 1 is 0.811 bits per heavy atom. The van der Waals surface area contributed by atoms with Crippen molar-refractivity contribution in [2.24, 2.45) is 0 Å². The van der Waals surface area contributed by atoms with Gasteiger partial charge in [-0.25, -0.2) is 19.2 Å². The molecule has 0 unspecified atom stereocenters. The van der Waals surface area contributed by atoms with Crippen molar-refractivity contribution in [1.29, 1.82) is 0 Å². The van der Waals surface area contributed by atoms with Gasteiger partial charge in [-0.2, -0.15) is 0 Å². The molecule has 0 spiro atoms. The largest absolute Gasteiger partial charge is 0.423 e. The van der Waals surface area contributed by atoms with Crippen molar-refractivity contribution in [2.75, 3.05) is 0 Å². The molecule has 0 atom stereocenters. The highest BCUT2D eigenvalue weighted by atomic mass is 16.6. The zero-order valence-electron chi connectivity index (χ0n) is 20.1. The maximum atomic E-state index is 12.8. The van der Waals surface area contributed by atoms with E-state index in [9.17, 15) is 24.0 Å². The van der Waals surface area contributed by atoms with Crippen LogP contribution in [0.2, 0.25) is 0 Å². The summed E-state index contributed by atoms with van der Waals surface area (Å²) in [5.41, 5.74) is 1.58. The lowest BCUT2D eigenvalue weighted by Gasteiger charge is -2.10. The summed E-state index contributed by atoms with van der Waals surface area (Å²) in [4.78, 5) is 61.3. The summed E-state index contributed by atoms with van der Waals surface area (Å²) in [6, 6.07) is 8.17. The summed E-state index contributed by atoms with van der Waals surface area (Å²) >= 11 is 0. The number of carbonyl (C=O) groups excluding carboxylic acids is 5. The van der Waals surface area contributed by atoms with Crippen LogP contribution in [0.1, 0.15) is 57.4 Å². The number of benzene rings is 2. The monoisotopic (exact) mass is 500 g/mol. The first kappa shape index (κ1) is 25.1. The predicted molar refractivity (Wildman–Crippen MR) is 130 cm³/mol. The molecule has 2 heterocycles. The van der Waals surface area contributed by atoms with Gasteiger partial charge in [-0.05, 0) is 57.2 Å². The molecule has 0 fully saturated rings. The molecule has 9 heteroatoms. The van der Waals surface area contributed by atoms with Crippen LogP contribution in [0.4, 0.5) is 0 Å². The number of ketones is 1. The highest BCUT2D eigenvalue weighted by Gasteiger charge is 2.27. The molecule has 4 rings (SSSR count). The molecular formula is C28H20O9. The SMILES string of the molecule is C=C1OC(=O)C(/C=C(\C)C(=O)Oc2cc(OC(=O)c3ccc4c(c3)C(=O)OC4=C)cc(C(C)=O)c2)=C1C. The van der Waals surface area contributed by atoms with Gasteiger partial charge in [0.15, 0.2) is 5.78 Å². The molecule has 0 saturated heterocycles. The van der Waals surface area contributed by atoms with Crippen LogP contribution >= 0.6 is 0 Å². The lowest BCUT2D eigenvalue weighted by molar-refractivity contribution is -0.132. The van der Waals surface area contributed by atoms with E-state index in [0.717, 1.165) is 0 Å². The van der Waals surface area contributed by atoms with Crippen LogP contribution in [0.25, 0.3) is 5.76 Å². The second-order valence-electron chi connectivity index (χ2n) is 8.28. The summed E-state index contributed by atoms with van der Waals surface area (Å²) in [5, 5.41) is 0. The van der Waals surface area contributed by atoms with Crippen molar-refractivity contribution in [3.05, 3.63) is 100 Å².